The summed E-state index contributed by atoms with van der Waals surface area (Å²) in [5.74, 6) is -0.484. The average molecular weight is 280 g/mol. The van der Waals surface area contributed by atoms with Crippen molar-refractivity contribution in [3.05, 3.63) is 62.5 Å². The highest BCUT2D eigenvalue weighted by Crippen LogP contribution is 2.37. The van der Waals surface area contributed by atoms with Crippen LogP contribution in [-0.2, 0) is 0 Å². The number of nitro benzene ring substituents is 1. The van der Waals surface area contributed by atoms with Crippen LogP contribution in [0.5, 0.6) is 0 Å². The fourth-order valence-corrected chi connectivity index (χ4v) is 2.41. The lowest BCUT2D eigenvalue weighted by molar-refractivity contribution is -0.384. The third kappa shape index (κ3) is 2.47. The van der Waals surface area contributed by atoms with Crippen LogP contribution in [-0.4, -0.2) is 4.92 Å². The van der Waals surface area contributed by atoms with Crippen molar-refractivity contribution in [3.63, 3.8) is 0 Å². The van der Waals surface area contributed by atoms with E-state index in [2.05, 4.69) is 17.5 Å². The maximum absolute atomic E-state index is 10.7. The molecular weight excluding hydrogens is 268 g/mol. The largest absolute Gasteiger partial charge is 0.361 e. The molecule has 21 heavy (non-hydrogen) atoms. The highest BCUT2D eigenvalue weighted by atomic mass is 16.6. The number of nitrogens with one attached hydrogen (secondary N) is 1. The molecule has 1 aromatic rings. The first-order valence-electron chi connectivity index (χ1n) is 6.22. The summed E-state index contributed by atoms with van der Waals surface area (Å²) in [7, 11) is 0. The fourth-order valence-electron chi connectivity index (χ4n) is 2.41. The molecule has 0 saturated carbocycles. The van der Waals surface area contributed by atoms with Gasteiger partial charge in [0.1, 0.15) is 0 Å². The van der Waals surface area contributed by atoms with Crippen molar-refractivity contribution in [2.45, 2.75) is 19.8 Å². The van der Waals surface area contributed by atoms with Crippen LogP contribution >= 0.6 is 0 Å². The van der Waals surface area contributed by atoms with E-state index in [1.165, 1.54) is 12.1 Å². The highest BCUT2D eigenvalue weighted by molar-refractivity contribution is 5.55. The van der Waals surface area contributed by atoms with E-state index >= 15 is 0 Å². The Hall–Kier alpha value is -3.12. The molecule has 0 fully saturated rings. The molecule has 0 amide bonds. The van der Waals surface area contributed by atoms with E-state index in [9.17, 15) is 20.6 Å². The molecule has 2 rings (SSSR count). The van der Waals surface area contributed by atoms with E-state index in [1.807, 2.05) is 0 Å². The standard InChI is InChI=1S/C15H12N4O2/c1-9-13(7-16)15(14(8-17)10(2)18-9)11-3-5-12(6-4-11)19(20)21/h3-6,15,18H,1-2H3. The molecule has 0 spiro atoms. The van der Waals surface area contributed by atoms with Crippen molar-refractivity contribution in [2.75, 3.05) is 0 Å². The second-order valence-electron chi connectivity index (χ2n) is 4.71. The zero-order chi connectivity index (χ0) is 15.6. The molecule has 1 aliphatic rings. The number of rotatable bonds is 2. The Morgan fingerprint density at radius 1 is 1.10 bits per heavy atom. The van der Waals surface area contributed by atoms with Crippen molar-refractivity contribution in [3.8, 4) is 12.1 Å². The molecule has 104 valence electrons. The third-order valence-electron chi connectivity index (χ3n) is 3.44. The summed E-state index contributed by atoms with van der Waals surface area (Å²) in [6, 6.07) is 10.2. The van der Waals surface area contributed by atoms with E-state index in [4.69, 9.17) is 0 Å². The normalized spacial score (nSPS) is 15.2. The van der Waals surface area contributed by atoms with Gasteiger partial charge in [-0.2, -0.15) is 10.5 Å². The van der Waals surface area contributed by atoms with Crippen molar-refractivity contribution in [1.82, 2.24) is 5.32 Å². The number of nitrogens with zero attached hydrogens (tertiary/aromatic N) is 3. The first-order chi connectivity index (χ1) is 9.99. The maximum Gasteiger partial charge on any atom is 0.269 e. The number of nitro groups is 1. The molecule has 0 atom stereocenters. The zero-order valence-electron chi connectivity index (χ0n) is 11.5. The number of non-ortho nitro benzene ring substituents is 1. The second kappa shape index (κ2) is 5.48. The van der Waals surface area contributed by atoms with Gasteiger partial charge in [-0.3, -0.25) is 10.1 Å². The monoisotopic (exact) mass is 280 g/mol. The summed E-state index contributed by atoms with van der Waals surface area (Å²) < 4.78 is 0. The van der Waals surface area contributed by atoms with Crippen molar-refractivity contribution < 1.29 is 4.92 Å². The van der Waals surface area contributed by atoms with Gasteiger partial charge in [0.2, 0.25) is 0 Å². The lowest BCUT2D eigenvalue weighted by Crippen LogP contribution is -2.23. The van der Waals surface area contributed by atoms with Crippen LogP contribution in [0.25, 0.3) is 0 Å². The Morgan fingerprint density at radius 2 is 1.57 bits per heavy atom. The van der Waals surface area contributed by atoms with Crippen LogP contribution in [0.4, 0.5) is 5.69 Å². The molecule has 1 N–H and O–H groups in total. The average Bonchev–Trinajstić information content (AvgIpc) is 2.46. The summed E-state index contributed by atoms with van der Waals surface area (Å²) in [5.41, 5.74) is 2.95. The molecule has 0 aromatic heterocycles. The lowest BCUT2D eigenvalue weighted by atomic mass is 9.81. The van der Waals surface area contributed by atoms with Crippen LogP contribution < -0.4 is 5.32 Å². The Bertz CT molecular complexity index is 709. The van der Waals surface area contributed by atoms with Gasteiger partial charge in [-0.15, -0.1) is 0 Å². The van der Waals surface area contributed by atoms with Crippen LogP contribution in [0.1, 0.15) is 25.3 Å². The van der Waals surface area contributed by atoms with Gasteiger partial charge < -0.3 is 5.32 Å². The van der Waals surface area contributed by atoms with Gasteiger partial charge in [0.05, 0.1) is 34.1 Å². The highest BCUT2D eigenvalue weighted by Gasteiger charge is 2.29. The van der Waals surface area contributed by atoms with Gasteiger partial charge in [-0.25, -0.2) is 0 Å². The van der Waals surface area contributed by atoms with Crippen LogP contribution in [0.15, 0.2) is 46.8 Å². The molecule has 0 aliphatic carbocycles. The van der Waals surface area contributed by atoms with Gasteiger partial charge in [0.15, 0.2) is 0 Å². The summed E-state index contributed by atoms with van der Waals surface area (Å²) in [6.07, 6.45) is 0. The van der Waals surface area contributed by atoms with Crippen LogP contribution in [0, 0.1) is 32.8 Å². The van der Waals surface area contributed by atoms with Gasteiger partial charge >= 0.3 is 0 Å². The number of nitriles is 2. The minimum atomic E-state index is -0.484. The molecule has 6 nitrogen and oxygen atoms in total. The van der Waals surface area contributed by atoms with E-state index in [-0.39, 0.29) is 5.69 Å². The minimum absolute atomic E-state index is 0.0221. The molecule has 1 heterocycles. The minimum Gasteiger partial charge on any atom is -0.361 e. The molecule has 1 aromatic carbocycles. The molecule has 1 aliphatic heterocycles. The van der Waals surface area contributed by atoms with Gasteiger partial charge in [-0.1, -0.05) is 12.1 Å². The third-order valence-corrected chi connectivity index (χ3v) is 3.44. The topological polar surface area (TPSA) is 103 Å². The summed E-state index contributed by atoms with van der Waals surface area (Å²) in [6.45, 7) is 3.54. The molecule has 0 saturated heterocycles. The van der Waals surface area contributed by atoms with Gasteiger partial charge in [-0.05, 0) is 19.4 Å². The van der Waals surface area contributed by atoms with Crippen LogP contribution in [0.2, 0.25) is 0 Å². The SMILES string of the molecule is CC1=C(C#N)C(c2ccc([N+](=O)[O-])cc2)C(C#N)=C(C)N1. The van der Waals surface area contributed by atoms with E-state index in [0.717, 1.165) is 0 Å². The summed E-state index contributed by atoms with van der Waals surface area (Å²) in [5, 5.41) is 32.4. The Labute approximate surface area is 121 Å². The molecular formula is C15H12N4O2. The maximum atomic E-state index is 10.7. The van der Waals surface area contributed by atoms with Crippen molar-refractivity contribution in [1.29, 1.82) is 10.5 Å². The smallest absolute Gasteiger partial charge is 0.269 e. The number of dihydropyridines is 1. The number of benzene rings is 1. The zero-order valence-corrected chi connectivity index (χ0v) is 11.5. The van der Waals surface area contributed by atoms with E-state index in [0.29, 0.717) is 28.1 Å². The number of hydrogen-bond acceptors (Lipinski definition) is 5. The van der Waals surface area contributed by atoms with Gasteiger partial charge in [0, 0.05) is 23.5 Å². The fraction of sp³-hybridized carbons (Fsp3) is 0.200. The second-order valence-corrected chi connectivity index (χ2v) is 4.71. The van der Waals surface area contributed by atoms with Crippen molar-refractivity contribution in [2.24, 2.45) is 0 Å². The molecule has 0 bridgehead atoms. The summed E-state index contributed by atoms with van der Waals surface area (Å²) in [4.78, 5) is 10.2. The first kappa shape index (κ1) is 14.3. The molecule has 6 heteroatoms. The lowest BCUT2D eigenvalue weighted by Gasteiger charge is -2.26. The Kier molecular flexibility index (Phi) is 3.73. The van der Waals surface area contributed by atoms with E-state index < -0.39 is 10.8 Å². The molecule has 0 unspecified atom stereocenters. The van der Waals surface area contributed by atoms with Gasteiger partial charge in [0.25, 0.3) is 5.69 Å². The quantitative estimate of drug-likeness (QED) is 0.662. The van der Waals surface area contributed by atoms with Crippen LogP contribution in [0.3, 0.4) is 0 Å². The predicted octanol–water partition coefficient (Wildman–Crippen LogP) is 2.88. The van der Waals surface area contributed by atoms with Crippen molar-refractivity contribution >= 4 is 5.69 Å². The predicted molar refractivity (Wildman–Crippen MR) is 75.6 cm³/mol. The number of allylic oxidation sites excluding steroid dienone is 4. The Balaban J connectivity index is 2.57. The van der Waals surface area contributed by atoms with E-state index in [1.54, 1.807) is 26.0 Å². The molecule has 0 radical (unpaired) electrons. The Morgan fingerprint density at radius 3 is 1.95 bits per heavy atom. The number of hydrogen-bond donors (Lipinski definition) is 1. The summed E-state index contributed by atoms with van der Waals surface area (Å²) >= 11 is 0. The first-order valence-corrected chi connectivity index (χ1v) is 6.22.